The molecular weight excluding hydrogens is 218 g/mol. The Balaban J connectivity index is 2.51. The lowest BCUT2D eigenvalue weighted by atomic mass is 10.1. The van der Waals surface area contributed by atoms with Crippen molar-refractivity contribution >= 4 is 17.5 Å². The van der Waals surface area contributed by atoms with Gasteiger partial charge in [0.25, 0.3) is 5.91 Å². The van der Waals surface area contributed by atoms with Crippen LogP contribution in [0.15, 0.2) is 11.2 Å². The van der Waals surface area contributed by atoms with Crippen LogP contribution in [0.4, 0.5) is 0 Å². The predicted molar refractivity (Wildman–Crippen MR) is 53.3 cm³/mol. The van der Waals surface area contributed by atoms with Gasteiger partial charge in [0.05, 0.1) is 12.2 Å². The molecule has 1 aliphatic heterocycles. The van der Waals surface area contributed by atoms with Crippen molar-refractivity contribution in [1.82, 2.24) is 10.3 Å². The van der Waals surface area contributed by atoms with Crippen molar-refractivity contribution in [2.75, 3.05) is 0 Å². The molecule has 0 fully saturated rings. The molecule has 0 aliphatic carbocycles. The Morgan fingerprint density at radius 2 is 2.53 bits per heavy atom. The number of hydrogen-bond donors (Lipinski definition) is 1. The van der Waals surface area contributed by atoms with E-state index in [9.17, 15) is 4.79 Å². The second-order valence-electron chi connectivity index (χ2n) is 2.99. The lowest BCUT2D eigenvalue weighted by Crippen LogP contribution is -2.12. The molecule has 0 bridgehead atoms. The van der Waals surface area contributed by atoms with E-state index in [1.54, 1.807) is 0 Å². The number of carbonyl (C=O) groups excluding carboxylic acids is 1. The minimum Gasteiger partial charge on any atom is -0.348 e. The van der Waals surface area contributed by atoms with E-state index in [0.717, 1.165) is 5.56 Å². The van der Waals surface area contributed by atoms with E-state index >= 15 is 0 Å². The van der Waals surface area contributed by atoms with Gasteiger partial charge in [0.2, 0.25) is 0 Å². The maximum absolute atomic E-state index is 11.3. The van der Waals surface area contributed by atoms with Crippen LogP contribution in [0.2, 0.25) is 5.15 Å². The molecule has 1 amide bonds. The number of aromatic nitrogens is 1. The molecule has 15 heavy (non-hydrogen) atoms. The highest BCUT2D eigenvalue weighted by Gasteiger charge is 2.22. The second kappa shape index (κ2) is 3.76. The summed E-state index contributed by atoms with van der Waals surface area (Å²) in [6, 6.07) is 1.51. The molecule has 0 unspecified atom stereocenters. The summed E-state index contributed by atoms with van der Waals surface area (Å²) in [6.45, 7) is 0.517. The summed E-state index contributed by atoms with van der Waals surface area (Å²) in [5, 5.41) is 6.29. The van der Waals surface area contributed by atoms with Crippen LogP contribution in [0, 0.1) is 0 Å². The molecule has 2 rings (SSSR count). The fourth-order valence-electron chi connectivity index (χ4n) is 1.48. The van der Waals surface area contributed by atoms with E-state index in [-0.39, 0.29) is 17.6 Å². The number of pyridine rings is 1. The molecule has 0 saturated heterocycles. The first kappa shape index (κ1) is 9.76. The summed E-state index contributed by atoms with van der Waals surface area (Å²) in [6.07, 6.45) is 0. The monoisotopic (exact) mass is 223 g/mol. The van der Waals surface area contributed by atoms with E-state index in [1.165, 1.54) is 6.07 Å². The number of fused-ring (bicyclic) bond motifs is 1. The number of rotatable bonds is 2. The average molecular weight is 224 g/mol. The summed E-state index contributed by atoms with van der Waals surface area (Å²) in [5.41, 5.74) is 10.0. The van der Waals surface area contributed by atoms with E-state index in [2.05, 4.69) is 20.3 Å². The molecule has 0 atom stereocenters. The Morgan fingerprint density at radius 3 is 3.27 bits per heavy atom. The number of nitrogens with zero attached hydrogens (tertiary/aromatic N) is 4. The second-order valence-corrected chi connectivity index (χ2v) is 3.38. The van der Waals surface area contributed by atoms with Gasteiger partial charge in [-0.2, -0.15) is 0 Å². The maximum atomic E-state index is 11.3. The van der Waals surface area contributed by atoms with E-state index in [1.807, 2.05) is 0 Å². The Morgan fingerprint density at radius 1 is 1.73 bits per heavy atom. The highest BCUT2D eigenvalue weighted by Crippen LogP contribution is 2.22. The van der Waals surface area contributed by atoms with Crippen LogP contribution in [0.25, 0.3) is 10.4 Å². The highest BCUT2D eigenvalue weighted by atomic mass is 35.5. The van der Waals surface area contributed by atoms with Gasteiger partial charge in [-0.25, -0.2) is 4.98 Å². The minimum absolute atomic E-state index is 0.106. The van der Waals surface area contributed by atoms with Gasteiger partial charge in [-0.15, -0.1) is 0 Å². The number of amides is 1. The number of hydrogen-bond acceptors (Lipinski definition) is 3. The molecule has 2 heterocycles. The molecule has 7 heteroatoms. The summed E-state index contributed by atoms with van der Waals surface area (Å²) in [5.74, 6) is -0.170. The highest BCUT2D eigenvalue weighted by molar-refractivity contribution is 6.29. The largest absolute Gasteiger partial charge is 0.348 e. The normalized spacial score (nSPS) is 13.0. The van der Waals surface area contributed by atoms with Gasteiger partial charge in [0.1, 0.15) is 5.15 Å². The third-order valence-corrected chi connectivity index (χ3v) is 2.33. The summed E-state index contributed by atoms with van der Waals surface area (Å²) >= 11 is 5.75. The Kier molecular flexibility index (Phi) is 2.45. The Labute approximate surface area is 89.9 Å². The summed E-state index contributed by atoms with van der Waals surface area (Å²) in [4.78, 5) is 18.0. The van der Waals surface area contributed by atoms with Gasteiger partial charge >= 0.3 is 0 Å². The number of halogens is 1. The van der Waals surface area contributed by atoms with E-state index in [4.69, 9.17) is 17.1 Å². The van der Waals surface area contributed by atoms with Crippen LogP contribution < -0.4 is 5.32 Å². The van der Waals surface area contributed by atoms with Crippen molar-refractivity contribution < 1.29 is 4.79 Å². The maximum Gasteiger partial charge on any atom is 0.252 e. The lowest BCUT2D eigenvalue weighted by molar-refractivity contribution is 0.0965. The van der Waals surface area contributed by atoms with Crippen LogP contribution in [0.1, 0.15) is 21.6 Å². The Hall–Kier alpha value is -1.78. The molecule has 1 N–H and O–H groups in total. The van der Waals surface area contributed by atoms with Gasteiger partial charge in [0.15, 0.2) is 0 Å². The molecule has 1 aliphatic rings. The van der Waals surface area contributed by atoms with Crippen LogP contribution in [-0.2, 0) is 13.1 Å². The fraction of sp³-hybridized carbons (Fsp3) is 0.250. The fourth-order valence-corrected chi connectivity index (χ4v) is 1.69. The third kappa shape index (κ3) is 1.72. The van der Waals surface area contributed by atoms with Crippen molar-refractivity contribution in [3.8, 4) is 0 Å². The van der Waals surface area contributed by atoms with Crippen LogP contribution in [0.3, 0.4) is 0 Å². The molecule has 0 radical (unpaired) electrons. The first-order valence-corrected chi connectivity index (χ1v) is 4.57. The summed E-state index contributed by atoms with van der Waals surface area (Å²) in [7, 11) is 0. The topological polar surface area (TPSA) is 90.8 Å². The zero-order valence-electron chi connectivity index (χ0n) is 7.57. The molecule has 0 aromatic carbocycles. The third-order valence-electron chi connectivity index (χ3n) is 2.13. The molecule has 76 valence electrons. The zero-order valence-corrected chi connectivity index (χ0v) is 8.32. The predicted octanol–water partition coefficient (Wildman–Crippen LogP) is 1.79. The van der Waals surface area contributed by atoms with Crippen LogP contribution in [-0.4, -0.2) is 10.9 Å². The number of carbonyl (C=O) groups is 1. The van der Waals surface area contributed by atoms with Gasteiger partial charge in [-0.3, -0.25) is 4.79 Å². The number of azide groups is 1. The van der Waals surface area contributed by atoms with Gasteiger partial charge < -0.3 is 5.32 Å². The molecular formula is C8H6ClN5O. The SMILES string of the molecule is [N-]=[N+]=NCc1nc(Cl)cc2c1CNC2=O. The average Bonchev–Trinajstić information content (AvgIpc) is 2.57. The van der Waals surface area contributed by atoms with Crippen molar-refractivity contribution in [2.24, 2.45) is 5.11 Å². The smallest absolute Gasteiger partial charge is 0.252 e. The van der Waals surface area contributed by atoms with Gasteiger partial charge in [-0.1, -0.05) is 16.7 Å². The van der Waals surface area contributed by atoms with E-state index < -0.39 is 0 Å². The molecule has 1 aromatic heterocycles. The molecule has 1 aromatic rings. The summed E-state index contributed by atoms with van der Waals surface area (Å²) < 4.78 is 0. The zero-order chi connectivity index (χ0) is 10.8. The van der Waals surface area contributed by atoms with Crippen molar-refractivity contribution in [3.63, 3.8) is 0 Å². The van der Waals surface area contributed by atoms with E-state index in [0.29, 0.717) is 17.8 Å². The molecule has 0 spiro atoms. The minimum atomic E-state index is -0.170. The first-order chi connectivity index (χ1) is 7.22. The van der Waals surface area contributed by atoms with Crippen molar-refractivity contribution in [3.05, 3.63) is 38.5 Å². The number of nitrogens with one attached hydrogen (secondary N) is 1. The standard InChI is InChI=1S/C8H6ClN5O/c9-7-1-4-5(2-11-8(4)15)6(13-7)3-12-14-10/h1H,2-3H2,(H,11,15). The lowest BCUT2D eigenvalue weighted by Gasteiger charge is -2.03. The van der Waals surface area contributed by atoms with Gasteiger partial charge in [0, 0.05) is 22.6 Å². The van der Waals surface area contributed by atoms with Crippen molar-refractivity contribution in [1.29, 1.82) is 0 Å². The Bertz CT molecular complexity index is 480. The van der Waals surface area contributed by atoms with Crippen LogP contribution in [0.5, 0.6) is 0 Å². The first-order valence-electron chi connectivity index (χ1n) is 4.19. The van der Waals surface area contributed by atoms with Crippen molar-refractivity contribution in [2.45, 2.75) is 13.1 Å². The molecule has 0 saturated carbocycles. The van der Waals surface area contributed by atoms with Gasteiger partial charge in [-0.05, 0) is 11.6 Å². The quantitative estimate of drug-likeness (QED) is 0.358. The van der Waals surface area contributed by atoms with Crippen LogP contribution >= 0.6 is 11.6 Å². The molecule has 6 nitrogen and oxygen atoms in total.